The molecule has 11 heteroatoms. The number of methoxy groups -OCH3 is 3. The molecule has 1 heterocycles. The summed E-state index contributed by atoms with van der Waals surface area (Å²) in [4.78, 5) is 12.6. The van der Waals surface area contributed by atoms with E-state index in [1.165, 1.54) is 11.8 Å². The lowest BCUT2D eigenvalue weighted by molar-refractivity contribution is -0.118. The fourth-order valence-electron chi connectivity index (χ4n) is 3.72. The molecule has 10 nitrogen and oxygen atoms in total. The lowest BCUT2D eigenvalue weighted by Gasteiger charge is -2.12. The number of para-hydroxylation sites is 1. The van der Waals surface area contributed by atoms with Crippen LogP contribution in [0.1, 0.15) is 12.5 Å². The van der Waals surface area contributed by atoms with Crippen LogP contribution in [0.15, 0.2) is 77.0 Å². The summed E-state index contributed by atoms with van der Waals surface area (Å²) in [5.74, 6) is 2.83. The maximum Gasteiger partial charge on any atom is 0.250 e. The molecule has 0 saturated carbocycles. The van der Waals surface area contributed by atoms with Crippen molar-refractivity contribution in [2.45, 2.75) is 12.1 Å². The Balaban J connectivity index is 1.49. The van der Waals surface area contributed by atoms with E-state index in [2.05, 4.69) is 20.7 Å². The van der Waals surface area contributed by atoms with E-state index in [4.69, 9.17) is 18.9 Å². The zero-order valence-electron chi connectivity index (χ0n) is 22.1. The average molecular weight is 548 g/mol. The zero-order valence-corrected chi connectivity index (χ0v) is 22.9. The Morgan fingerprint density at radius 2 is 1.64 bits per heavy atom. The van der Waals surface area contributed by atoms with Crippen molar-refractivity contribution in [3.8, 4) is 40.1 Å². The van der Waals surface area contributed by atoms with Gasteiger partial charge in [-0.05, 0) is 61.0 Å². The molecule has 202 valence electrons. The molecule has 3 aromatic carbocycles. The number of nitrogens with one attached hydrogen (secondary N) is 1. The highest BCUT2D eigenvalue weighted by atomic mass is 32.2. The van der Waals surface area contributed by atoms with Crippen LogP contribution in [0.3, 0.4) is 0 Å². The molecule has 0 aliphatic rings. The van der Waals surface area contributed by atoms with Crippen molar-refractivity contribution in [3.05, 3.63) is 72.3 Å². The number of carbonyl (C=O) groups excluding carboxylic acids is 1. The van der Waals surface area contributed by atoms with Crippen LogP contribution >= 0.6 is 11.8 Å². The highest BCUT2D eigenvalue weighted by Crippen LogP contribution is 2.34. The van der Waals surface area contributed by atoms with Crippen molar-refractivity contribution in [3.63, 3.8) is 0 Å². The first-order valence-electron chi connectivity index (χ1n) is 12.1. The monoisotopic (exact) mass is 547 g/mol. The molecule has 0 unspecified atom stereocenters. The van der Waals surface area contributed by atoms with Gasteiger partial charge >= 0.3 is 0 Å². The maximum absolute atomic E-state index is 12.6. The minimum absolute atomic E-state index is 0.0842. The Morgan fingerprint density at radius 1 is 0.923 bits per heavy atom. The number of rotatable bonds is 12. The molecule has 0 aliphatic heterocycles. The Kier molecular flexibility index (Phi) is 9.41. The normalized spacial score (nSPS) is 10.9. The second-order valence-corrected chi connectivity index (χ2v) is 8.91. The lowest BCUT2D eigenvalue weighted by atomic mass is 10.2. The predicted octanol–water partition coefficient (Wildman–Crippen LogP) is 4.60. The van der Waals surface area contributed by atoms with E-state index < -0.39 is 0 Å². The van der Waals surface area contributed by atoms with Crippen LogP contribution in [-0.2, 0) is 4.79 Å². The van der Waals surface area contributed by atoms with Crippen molar-refractivity contribution in [1.29, 1.82) is 0 Å². The molecule has 1 N–H and O–H groups in total. The molecule has 0 aliphatic carbocycles. The summed E-state index contributed by atoms with van der Waals surface area (Å²) in [5, 5.41) is 13.4. The van der Waals surface area contributed by atoms with Crippen molar-refractivity contribution in [2.24, 2.45) is 5.10 Å². The first-order valence-corrected chi connectivity index (χ1v) is 13.0. The van der Waals surface area contributed by atoms with Crippen LogP contribution < -0.4 is 24.4 Å². The van der Waals surface area contributed by atoms with E-state index in [1.807, 2.05) is 66.1 Å². The van der Waals surface area contributed by atoms with Gasteiger partial charge in [-0.3, -0.25) is 9.36 Å². The summed E-state index contributed by atoms with van der Waals surface area (Å²) in [6.07, 6.45) is 1.54. The van der Waals surface area contributed by atoms with Crippen LogP contribution in [0.5, 0.6) is 23.0 Å². The summed E-state index contributed by atoms with van der Waals surface area (Å²) in [7, 11) is 4.74. The Morgan fingerprint density at radius 3 is 2.36 bits per heavy atom. The first-order chi connectivity index (χ1) is 19.1. The number of amides is 1. The molecule has 0 bridgehead atoms. The van der Waals surface area contributed by atoms with Crippen molar-refractivity contribution >= 4 is 23.9 Å². The van der Waals surface area contributed by atoms with Crippen LogP contribution in [0, 0.1) is 0 Å². The van der Waals surface area contributed by atoms with Gasteiger partial charge in [0, 0.05) is 11.3 Å². The Labute approximate surface area is 231 Å². The summed E-state index contributed by atoms with van der Waals surface area (Å²) in [5.41, 5.74) is 4.96. The third-order valence-corrected chi connectivity index (χ3v) is 6.44. The number of thioether (sulfide) groups is 1. The number of carbonyl (C=O) groups is 1. The SMILES string of the molecule is CCOc1ccc(/C=N\NC(=O)CSc2nnc(-c3ccc(OC)c(OC)c3)n2-c2ccccc2)cc1OC. The molecule has 0 saturated heterocycles. The number of aromatic nitrogens is 3. The number of nitrogens with zero attached hydrogens (tertiary/aromatic N) is 4. The van der Waals surface area contributed by atoms with Gasteiger partial charge < -0.3 is 18.9 Å². The average Bonchev–Trinajstić information content (AvgIpc) is 3.41. The van der Waals surface area contributed by atoms with Crippen LogP contribution in [0.4, 0.5) is 0 Å². The van der Waals surface area contributed by atoms with Gasteiger partial charge in [0.05, 0.1) is 39.9 Å². The smallest absolute Gasteiger partial charge is 0.250 e. The van der Waals surface area contributed by atoms with Crippen LogP contribution in [-0.4, -0.2) is 60.6 Å². The minimum atomic E-state index is -0.288. The number of hydrazone groups is 1. The second kappa shape index (κ2) is 13.3. The quantitative estimate of drug-likeness (QED) is 0.156. The lowest BCUT2D eigenvalue weighted by Crippen LogP contribution is -2.20. The van der Waals surface area contributed by atoms with Gasteiger partial charge in [-0.15, -0.1) is 10.2 Å². The molecule has 39 heavy (non-hydrogen) atoms. The third kappa shape index (κ3) is 6.68. The fourth-order valence-corrected chi connectivity index (χ4v) is 4.46. The summed E-state index contributed by atoms with van der Waals surface area (Å²) in [6, 6.07) is 20.7. The summed E-state index contributed by atoms with van der Waals surface area (Å²) >= 11 is 1.25. The topological polar surface area (TPSA) is 109 Å². The minimum Gasteiger partial charge on any atom is -0.493 e. The highest BCUT2D eigenvalue weighted by Gasteiger charge is 2.18. The van der Waals surface area contributed by atoms with E-state index in [1.54, 1.807) is 39.7 Å². The van der Waals surface area contributed by atoms with Gasteiger partial charge in [0.15, 0.2) is 34.0 Å². The van der Waals surface area contributed by atoms with Gasteiger partial charge in [0.1, 0.15) is 0 Å². The molecule has 0 atom stereocenters. The molecule has 0 fully saturated rings. The van der Waals surface area contributed by atoms with E-state index >= 15 is 0 Å². The van der Waals surface area contributed by atoms with Crippen LogP contribution in [0.25, 0.3) is 17.1 Å². The van der Waals surface area contributed by atoms with Gasteiger partial charge in [0.2, 0.25) is 0 Å². The fraction of sp³-hybridized carbons (Fsp3) is 0.214. The van der Waals surface area contributed by atoms with Gasteiger partial charge in [-0.1, -0.05) is 30.0 Å². The van der Waals surface area contributed by atoms with E-state index in [9.17, 15) is 4.79 Å². The number of hydrogen-bond acceptors (Lipinski definition) is 9. The summed E-state index contributed by atoms with van der Waals surface area (Å²) < 4.78 is 23.6. The Hall–Kier alpha value is -4.51. The van der Waals surface area contributed by atoms with Gasteiger partial charge in [0.25, 0.3) is 5.91 Å². The molecule has 4 aromatic rings. The molecule has 0 spiro atoms. The first kappa shape index (κ1) is 27.5. The van der Waals surface area contributed by atoms with Gasteiger partial charge in [-0.2, -0.15) is 5.10 Å². The number of hydrogen-bond donors (Lipinski definition) is 1. The molecule has 0 radical (unpaired) electrons. The van der Waals surface area contributed by atoms with Crippen molar-refractivity contribution < 1.29 is 23.7 Å². The number of ether oxygens (including phenoxy) is 4. The van der Waals surface area contributed by atoms with Gasteiger partial charge in [-0.25, -0.2) is 5.43 Å². The predicted molar refractivity (Wildman–Crippen MR) is 151 cm³/mol. The maximum atomic E-state index is 12.6. The zero-order chi connectivity index (χ0) is 27.6. The highest BCUT2D eigenvalue weighted by molar-refractivity contribution is 7.99. The second-order valence-electron chi connectivity index (χ2n) is 7.97. The largest absolute Gasteiger partial charge is 0.493 e. The van der Waals surface area contributed by atoms with Crippen LogP contribution in [0.2, 0.25) is 0 Å². The van der Waals surface area contributed by atoms with E-state index in [0.29, 0.717) is 40.6 Å². The molecule has 1 aromatic heterocycles. The van der Waals surface area contributed by atoms with E-state index in [0.717, 1.165) is 16.8 Å². The van der Waals surface area contributed by atoms with Crippen molar-refractivity contribution in [2.75, 3.05) is 33.7 Å². The standard InChI is InChI=1S/C28H29N5O5S/c1-5-38-23-13-11-19(15-24(23)36-3)17-29-30-26(34)18-39-28-32-31-27(33(28)21-9-7-6-8-10-21)20-12-14-22(35-2)25(16-20)37-4/h6-17H,5,18H2,1-4H3,(H,30,34)/b29-17-. The summed E-state index contributed by atoms with van der Waals surface area (Å²) in [6.45, 7) is 2.44. The van der Waals surface area contributed by atoms with Crippen molar-refractivity contribution in [1.82, 2.24) is 20.2 Å². The number of benzene rings is 3. The Bertz CT molecular complexity index is 1440. The molecular formula is C28H29N5O5S. The molecular weight excluding hydrogens is 518 g/mol. The third-order valence-electron chi connectivity index (χ3n) is 5.51. The molecule has 1 amide bonds. The molecule has 4 rings (SSSR count). The van der Waals surface area contributed by atoms with E-state index in [-0.39, 0.29) is 11.7 Å².